The van der Waals surface area contributed by atoms with E-state index >= 15 is 0 Å². The van der Waals surface area contributed by atoms with Crippen molar-refractivity contribution in [2.75, 3.05) is 10.0 Å². The summed E-state index contributed by atoms with van der Waals surface area (Å²) in [7, 11) is 2.16. The normalized spacial score (nSPS) is 12.6. The predicted octanol–water partition coefficient (Wildman–Crippen LogP) is 11.1. The summed E-state index contributed by atoms with van der Waals surface area (Å²) in [5, 5.41) is 13.0. The third kappa shape index (κ3) is 4.16. The van der Waals surface area contributed by atoms with Crippen molar-refractivity contribution in [3.63, 3.8) is 0 Å². The largest absolute Gasteiger partial charge is 0.251 e. The van der Waals surface area contributed by atoms with Crippen LogP contribution in [-0.2, 0) is 0 Å². The fourth-order valence-corrected chi connectivity index (χ4v) is 9.45. The lowest BCUT2D eigenvalue weighted by Crippen LogP contribution is -2.40. The first-order valence-electron chi connectivity index (χ1n) is 17.6. The number of nitrogens with zero attached hydrogens (tertiary/aromatic N) is 4. The van der Waals surface area contributed by atoms with Gasteiger partial charge in [0.2, 0.25) is 0 Å². The molecule has 11 rings (SSSR count). The second-order valence-electron chi connectivity index (χ2n) is 13.4. The molecule has 1 aliphatic heterocycles. The van der Waals surface area contributed by atoms with Gasteiger partial charge in [-0.05, 0) is 52.1 Å². The Kier molecular flexibility index (Phi) is 6.33. The van der Waals surface area contributed by atoms with Gasteiger partial charge in [-0.25, -0.2) is 20.0 Å². The van der Waals surface area contributed by atoms with E-state index in [0.29, 0.717) is 5.95 Å². The second-order valence-corrected chi connectivity index (χ2v) is 14.5. The molecule has 0 bridgehead atoms. The van der Waals surface area contributed by atoms with E-state index in [1.807, 2.05) is 11.3 Å². The van der Waals surface area contributed by atoms with Gasteiger partial charge in [0.15, 0.2) is 0 Å². The first-order chi connectivity index (χ1) is 25.7. The van der Waals surface area contributed by atoms with E-state index in [9.17, 15) is 0 Å². The van der Waals surface area contributed by atoms with Gasteiger partial charge in [0.1, 0.15) is 7.85 Å². The zero-order chi connectivity index (χ0) is 34.3. The fourth-order valence-electron chi connectivity index (χ4n) is 8.21. The first kappa shape index (κ1) is 29.3. The molecule has 0 saturated carbocycles. The Morgan fingerprint density at radius 3 is 2.02 bits per heavy atom. The van der Waals surface area contributed by atoms with Gasteiger partial charge >= 0.3 is 0 Å². The molecule has 2 aromatic heterocycles. The summed E-state index contributed by atoms with van der Waals surface area (Å²) < 4.78 is 2.52. The maximum absolute atomic E-state index is 5.59. The molecule has 1 aliphatic rings. The lowest BCUT2D eigenvalue weighted by atomic mass is 9.87. The van der Waals surface area contributed by atoms with Crippen LogP contribution < -0.4 is 15.5 Å². The molecular formula is C46H29BN4S. The highest BCUT2D eigenvalue weighted by atomic mass is 32.1. The van der Waals surface area contributed by atoms with Crippen molar-refractivity contribution in [1.29, 1.82) is 0 Å². The molecule has 0 unspecified atom stereocenters. The molecule has 6 heteroatoms. The van der Waals surface area contributed by atoms with Crippen LogP contribution in [0.3, 0.4) is 0 Å². The predicted molar refractivity (Wildman–Crippen MR) is 224 cm³/mol. The number of benzene rings is 8. The van der Waals surface area contributed by atoms with Crippen LogP contribution in [0.2, 0.25) is 0 Å². The van der Waals surface area contributed by atoms with Crippen LogP contribution in [0.4, 0.5) is 23.0 Å². The lowest BCUT2D eigenvalue weighted by molar-refractivity contribution is 0.933. The maximum atomic E-state index is 5.59. The Morgan fingerprint density at radius 2 is 1.17 bits per heavy atom. The molecule has 0 amide bonds. The average Bonchev–Trinajstić information content (AvgIpc) is 3.60. The minimum atomic E-state index is 0.618. The molecule has 0 fully saturated rings. The van der Waals surface area contributed by atoms with Crippen LogP contribution in [0, 0.1) is 0 Å². The summed E-state index contributed by atoms with van der Waals surface area (Å²) >= 11 is 1.86. The quantitative estimate of drug-likeness (QED) is 0.174. The van der Waals surface area contributed by atoms with Crippen molar-refractivity contribution in [2.24, 2.45) is 0 Å². The Bertz CT molecular complexity index is 3060. The number of hydrazine groups is 1. The summed E-state index contributed by atoms with van der Waals surface area (Å²) in [5.41, 5.74) is 9.69. The third-order valence-electron chi connectivity index (χ3n) is 10.5. The maximum Gasteiger partial charge on any atom is 0.251 e. The number of aromatic nitrogens is 2. The van der Waals surface area contributed by atoms with Gasteiger partial charge in [-0.3, -0.25) is 0 Å². The molecular weight excluding hydrogens is 651 g/mol. The van der Waals surface area contributed by atoms with Crippen molar-refractivity contribution in [3.8, 4) is 22.4 Å². The van der Waals surface area contributed by atoms with Gasteiger partial charge < -0.3 is 0 Å². The highest BCUT2D eigenvalue weighted by Gasteiger charge is 2.38. The van der Waals surface area contributed by atoms with Crippen LogP contribution in [0.1, 0.15) is 0 Å². The van der Waals surface area contributed by atoms with Crippen molar-refractivity contribution in [2.45, 2.75) is 0 Å². The first-order valence-corrected chi connectivity index (χ1v) is 18.4. The Balaban J connectivity index is 1.38. The molecule has 3 heterocycles. The van der Waals surface area contributed by atoms with Crippen molar-refractivity contribution < 1.29 is 0 Å². The highest BCUT2D eigenvalue weighted by Crippen LogP contribution is 2.58. The van der Waals surface area contributed by atoms with Gasteiger partial charge in [0.05, 0.1) is 28.3 Å². The average molecular weight is 681 g/mol. The Morgan fingerprint density at radius 1 is 0.500 bits per heavy atom. The van der Waals surface area contributed by atoms with E-state index in [0.717, 1.165) is 39.2 Å². The molecule has 10 aromatic rings. The molecule has 0 saturated heterocycles. The van der Waals surface area contributed by atoms with E-state index in [-0.39, 0.29) is 0 Å². The number of fused-ring (bicyclic) bond motifs is 13. The van der Waals surface area contributed by atoms with Crippen molar-refractivity contribution >= 4 is 100 Å². The SMILES string of the molecule is Bc1ccccc1-c1nc(N2c3c(c4ccccc4c4sc5ccccc5c34)-c3c(ccc4ccccc34)N2c2ccccc2)nc2ccccc12. The van der Waals surface area contributed by atoms with E-state index < -0.39 is 0 Å². The Labute approximate surface area is 305 Å². The van der Waals surface area contributed by atoms with E-state index in [4.69, 9.17) is 9.97 Å². The van der Waals surface area contributed by atoms with Gasteiger partial charge in [0, 0.05) is 42.1 Å². The molecule has 8 aromatic carbocycles. The van der Waals surface area contributed by atoms with Crippen LogP contribution in [-0.4, -0.2) is 17.8 Å². The van der Waals surface area contributed by atoms with Crippen LogP contribution >= 0.6 is 11.3 Å². The number of thiophene rings is 1. The number of para-hydroxylation sites is 2. The lowest BCUT2D eigenvalue weighted by Gasteiger charge is -2.43. The third-order valence-corrected chi connectivity index (χ3v) is 11.7. The minimum absolute atomic E-state index is 0.618. The van der Waals surface area contributed by atoms with Crippen molar-refractivity contribution in [3.05, 3.63) is 164 Å². The van der Waals surface area contributed by atoms with E-state index in [2.05, 4.69) is 182 Å². The van der Waals surface area contributed by atoms with Gasteiger partial charge in [0.25, 0.3) is 5.95 Å². The number of rotatable bonds is 3. The molecule has 4 nitrogen and oxygen atoms in total. The summed E-state index contributed by atoms with van der Waals surface area (Å²) in [6, 6.07) is 58.6. The summed E-state index contributed by atoms with van der Waals surface area (Å²) in [6.07, 6.45) is 0. The van der Waals surface area contributed by atoms with Crippen LogP contribution in [0.5, 0.6) is 0 Å². The van der Waals surface area contributed by atoms with Crippen LogP contribution in [0.25, 0.3) is 75.0 Å². The fraction of sp³-hybridized carbons (Fsp3) is 0. The molecule has 0 spiro atoms. The number of hydrogen-bond acceptors (Lipinski definition) is 5. The van der Waals surface area contributed by atoms with E-state index in [1.165, 1.54) is 58.3 Å². The van der Waals surface area contributed by atoms with Gasteiger partial charge in [-0.15, -0.1) is 11.3 Å². The molecule has 52 heavy (non-hydrogen) atoms. The smallest absolute Gasteiger partial charge is 0.246 e. The summed E-state index contributed by atoms with van der Waals surface area (Å²) in [4.78, 5) is 11.0. The zero-order valence-electron chi connectivity index (χ0n) is 28.3. The van der Waals surface area contributed by atoms with Gasteiger partial charge in [-0.1, -0.05) is 139 Å². The highest BCUT2D eigenvalue weighted by molar-refractivity contribution is 7.26. The number of anilines is 4. The Hall–Kier alpha value is -6.50. The molecule has 0 N–H and O–H groups in total. The molecule has 242 valence electrons. The molecule has 0 atom stereocenters. The van der Waals surface area contributed by atoms with Crippen LogP contribution in [0.15, 0.2) is 164 Å². The monoisotopic (exact) mass is 680 g/mol. The molecule has 0 aliphatic carbocycles. The second kappa shape index (κ2) is 11.3. The van der Waals surface area contributed by atoms with Crippen molar-refractivity contribution in [1.82, 2.24) is 9.97 Å². The number of hydrogen-bond donors (Lipinski definition) is 0. The summed E-state index contributed by atoms with van der Waals surface area (Å²) in [6.45, 7) is 0. The summed E-state index contributed by atoms with van der Waals surface area (Å²) in [5.74, 6) is 0.618. The molecule has 0 radical (unpaired) electrons. The zero-order valence-corrected chi connectivity index (χ0v) is 29.1. The minimum Gasteiger partial charge on any atom is -0.246 e. The van der Waals surface area contributed by atoms with Gasteiger partial charge in [-0.2, -0.15) is 0 Å². The topological polar surface area (TPSA) is 32.3 Å². The standard InChI is InChI=1S/C46H29BN4S/c47-36-23-11-8-20-33(36)43-34-21-9-12-24-37(34)48-46(49-43)51-44-41(31-18-6-7-19-32(31)45-42(44)35-22-10-13-25-39(35)52-45)40-30-17-5-4-14-28(30)26-27-38(40)50(51)29-15-2-1-3-16-29/h1-27H,47H2. The van der Waals surface area contributed by atoms with E-state index in [1.54, 1.807) is 0 Å².